The van der Waals surface area contributed by atoms with E-state index in [2.05, 4.69) is 19.0 Å². The zero-order valence-electron chi connectivity index (χ0n) is 13.2. The van der Waals surface area contributed by atoms with Crippen LogP contribution in [-0.4, -0.2) is 35.4 Å². The number of hydrogen-bond donors (Lipinski definition) is 2. The maximum atomic E-state index is 12.8. The van der Waals surface area contributed by atoms with E-state index in [1.165, 1.54) is 0 Å². The lowest BCUT2D eigenvalue weighted by atomic mass is 9.77. The summed E-state index contributed by atoms with van der Waals surface area (Å²) in [4.78, 5) is 14.6. The molecule has 0 aromatic carbocycles. The van der Waals surface area contributed by atoms with Crippen molar-refractivity contribution < 1.29 is 10.0 Å². The molecule has 0 aromatic heterocycles. The average Bonchev–Trinajstić information content (AvgIpc) is 2.85. The van der Waals surface area contributed by atoms with E-state index in [4.69, 9.17) is 10.9 Å². The summed E-state index contributed by atoms with van der Waals surface area (Å²) in [6.07, 6.45) is 5.22. The smallest absolute Gasteiger partial charge is 0.228 e. The summed E-state index contributed by atoms with van der Waals surface area (Å²) >= 11 is 0. The normalized spacial score (nSPS) is 20.1. The Morgan fingerprint density at radius 2 is 1.90 bits per heavy atom. The Kier molecular flexibility index (Phi) is 5.84. The first-order chi connectivity index (χ1) is 9.32. The third-order valence-corrected chi connectivity index (χ3v) is 4.33. The molecule has 116 valence electrons. The Morgan fingerprint density at radius 3 is 2.35 bits per heavy atom. The first-order valence-electron chi connectivity index (χ1n) is 7.55. The van der Waals surface area contributed by atoms with E-state index in [0.29, 0.717) is 12.5 Å². The lowest BCUT2D eigenvalue weighted by Gasteiger charge is -2.34. The molecule has 0 aromatic rings. The van der Waals surface area contributed by atoms with Gasteiger partial charge in [0.2, 0.25) is 5.91 Å². The van der Waals surface area contributed by atoms with Gasteiger partial charge in [-0.1, -0.05) is 38.8 Å². The lowest BCUT2D eigenvalue weighted by Crippen LogP contribution is -2.44. The molecule has 1 aliphatic carbocycles. The summed E-state index contributed by atoms with van der Waals surface area (Å²) in [7, 11) is 1.82. The largest absolute Gasteiger partial charge is 0.409 e. The van der Waals surface area contributed by atoms with Crippen LogP contribution in [0, 0.1) is 17.3 Å². The minimum atomic E-state index is -0.187. The van der Waals surface area contributed by atoms with E-state index < -0.39 is 0 Å². The van der Waals surface area contributed by atoms with Gasteiger partial charge in [-0.25, -0.2) is 0 Å². The number of amides is 1. The second-order valence-corrected chi connectivity index (χ2v) is 6.70. The highest BCUT2D eigenvalue weighted by molar-refractivity contribution is 5.85. The van der Waals surface area contributed by atoms with Gasteiger partial charge in [0, 0.05) is 24.9 Å². The minimum absolute atomic E-state index is 0.133. The summed E-state index contributed by atoms with van der Waals surface area (Å²) in [5.74, 6) is 0.786. The molecule has 1 unspecified atom stereocenters. The molecule has 0 spiro atoms. The fourth-order valence-corrected chi connectivity index (χ4v) is 3.43. The zero-order valence-corrected chi connectivity index (χ0v) is 13.2. The predicted molar refractivity (Wildman–Crippen MR) is 80.6 cm³/mol. The van der Waals surface area contributed by atoms with E-state index in [1.54, 1.807) is 4.90 Å². The summed E-state index contributed by atoms with van der Waals surface area (Å²) in [5.41, 5.74) is 5.41. The molecule has 0 radical (unpaired) electrons. The van der Waals surface area contributed by atoms with E-state index in [1.807, 2.05) is 14.0 Å². The van der Waals surface area contributed by atoms with Crippen molar-refractivity contribution in [2.24, 2.45) is 28.1 Å². The third-order valence-electron chi connectivity index (χ3n) is 4.33. The first-order valence-corrected chi connectivity index (χ1v) is 7.55. The molecule has 5 heteroatoms. The van der Waals surface area contributed by atoms with Crippen molar-refractivity contribution in [3.8, 4) is 0 Å². The van der Waals surface area contributed by atoms with Crippen LogP contribution >= 0.6 is 0 Å². The average molecular weight is 283 g/mol. The highest BCUT2D eigenvalue weighted by Gasteiger charge is 2.43. The van der Waals surface area contributed by atoms with Crippen LogP contribution < -0.4 is 5.73 Å². The molecule has 20 heavy (non-hydrogen) atoms. The molecular weight excluding hydrogens is 254 g/mol. The van der Waals surface area contributed by atoms with Gasteiger partial charge in [-0.15, -0.1) is 0 Å². The van der Waals surface area contributed by atoms with E-state index in [0.717, 1.165) is 32.1 Å². The molecule has 0 aliphatic heterocycles. The first kappa shape index (κ1) is 16.8. The van der Waals surface area contributed by atoms with Crippen molar-refractivity contribution in [1.29, 1.82) is 0 Å². The van der Waals surface area contributed by atoms with Gasteiger partial charge in [-0.3, -0.25) is 4.79 Å². The van der Waals surface area contributed by atoms with Crippen molar-refractivity contribution in [2.75, 3.05) is 13.6 Å². The Hall–Kier alpha value is -1.26. The fraction of sp³-hybridized carbons (Fsp3) is 0.867. The third kappa shape index (κ3) is 3.87. The lowest BCUT2D eigenvalue weighted by molar-refractivity contribution is -0.141. The van der Waals surface area contributed by atoms with Crippen LogP contribution in [0.15, 0.2) is 5.16 Å². The van der Waals surface area contributed by atoms with Crippen LogP contribution in [-0.2, 0) is 4.79 Å². The van der Waals surface area contributed by atoms with E-state index >= 15 is 0 Å². The quantitative estimate of drug-likeness (QED) is 0.340. The molecule has 1 atom stereocenters. The SMILES string of the molecule is CC(C)CC1(C(=O)N(C)CC(C)C(N)=NO)CCCC1. The number of nitrogens with zero attached hydrogens (tertiary/aromatic N) is 2. The van der Waals surface area contributed by atoms with Crippen LogP contribution in [0.5, 0.6) is 0 Å². The van der Waals surface area contributed by atoms with Gasteiger partial charge in [0.05, 0.1) is 0 Å². The van der Waals surface area contributed by atoms with Gasteiger partial charge >= 0.3 is 0 Å². The maximum absolute atomic E-state index is 12.8. The Balaban J connectivity index is 2.75. The Bertz CT molecular complexity index is 360. The number of oxime groups is 1. The second-order valence-electron chi connectivity index (χ2n) is 6.70. The van der Waals surface area contributed by atoms with Crippen molar-refractivity contribution in [3.63, 3.8) is 0 Å². The van der Waals surface area contributed by atoms with Crippen molar-refractivity contribution >= 4 is 11.7 Å². The standard InChI is InChI=1S/C15H29N3O2/c1-11(2)9-15(7-5-6-8-15)14(19)18(4)10-12(3)13(16)17-20/h11-12,20H,5-10H2,1-4H3,(H2,16,17). The molecule has 0 heterocycles. The van der Waals surface area contributed by atoms with Crippen LogP contribution in [0.3, 0.4) is 0 Å². The van der Waals surface area contributed by atoms with Gasteiger partial charge in [0.1, 0.15) is 5.84 Å². The topological polar surface area (TPSA) is 78.9 Å². The van der Waals surface area contributed by atoms with Crippen molar-refractivity contribution in [3.05, 3.63) is 0 Å². The number of carbonyl (C=O) groups excluding carboxylic acids is 1. The highest BCUT2D eigenvalue weighted by Crippen LogP contribution is 2.44. The molecular formula is C15H29N3O2. The van der Waals surface area contributed by atoms with Crippen LogP contribution in [0.1, 0.15) is 52.9 Å². The zero-order chi connectivity index (χ0) is 15.3. The maximum Gasteiger partial charge on any atom is 0.228 e. The molecule has 0 bridgehead atoms. The monoisotopic (exact) mass is 283 g/mol. The van der Waals surface area contributed by atoms with Crippen molar-refractivity contribution in [1.82, 2.24) is 4.90 Å². The van der Waals surface area contributed by atoms with Gasteiger partial charge in [-0.2, -0.15) is 0 Å². The number of carbonyl (C=O) groups is 1. The molecule has 3 N–H and O–H groups in total. The number of nitrogens with two attached hydrogens (primary N) is 1. The molecule has 5 nitrogen and oxygen atoms in total. The number of hydrogen-bond acceptors (Lipinski definition) is 3. The Morgan fingerprint density at radius 1 is 1.35 bits per heavy atom. The van der Waals surface area contributed by atoms with E-state index in [9.17, 15) is 4.79 Å². The molecule has 0 saturated heterocycles. The fourth-order valence-electron chi connectivity index (χ4n) is 3.43. The number of amidine groups is 1. The van der Waals surface area contributed by atoms with Gasteiger partial charge in [-0.05, 0) is 25.2 Å². The summed E-state index contributed by atoms with van der Waals surface area (Å²) < 4.78 is 0. The van der Waals surface area contributed by atoms with Gasteiger partial charge in [0.25, 0.3) is 0 Å². The van der Waals surface area contributed by atoms with Gasteiger partial charge in [0.15, 0.2) is 0 Å². The summed E-state index contributed by atoms with van der Waals surface area (Å²) in [6.45, 7) is 6.70. The van der Waals surface area contributed by atoms with Crippen LogP contribution in [0.2, 0.25) is 0 Å². The molecule has 1 saturated carbocycles. The predicted octanol–water partition coefficient (Wildman–Crippen LogP) is 2.43. The molecule has 1 amide bonds. The van der Waals surface area contributed by atoms with Crippen molar-refractivity contribution in [2.45, 2.75) is 52.9 Å². The van der Waals surface area contributed by atoms with Crippen LogP contribution in [0.25, 0.3) is 0 Å². The summed E-state index contributed by atoms with van der Waals surface area (Å²) in [5, 5.41) is 11.7. The molecule has 1 rings (SSSR count). The number of rotatable bonds is 6. The minimum Gasteiger partial charge on any atom is -0.409 e. The van der Waals surface area contributed by atoms with Crippen LogP contribution in [0.4, 0.5) is 0 Å². The second kappa shape index (κ2) is 6.95. The van der Waals surface area contributed by atoms with Gasteiger partial charge < -0.3 is 15.8 Å². The van der Waals surface area contributed by atoms with E-state index in [-0.39, 0.29) is 23.1 Å². The summed E-state index contributed by atoms with van der Waals surface area (Å²) in [6, 6.07) is 0. The highest BCUT2D eigenvalue weighted by atomic mass is 16.4. The Labute approximate surface area is 122 Å². The molecule has 1 aliphatic rings. The molecule has 1 fully saturated rings.